The molecule has 0 atom stereocenters. The summed E-state index contributed by atoms with van der Waals surface area (Å²) in [5.41, 5.74) is 2.44. The second-order valence-corrected chi connectivity index (χ2v) is 5.58. The molecule has 3 rings (SSSR count). The molecular formula is C18H15NOS. The molecule has 21 heavy (non-hydrogen) atoms. The van der Waals surface area contributed by atoms with E-state index in [9.17, 15) is 5.21 Å². The van der Waals surface area contributed by atoms with Gasteiger partial charge in [-0.15, -0.1) is 11.8 Å². The van der Waals surface area contributed by atoms with Gasteiger partial charge in [0.05, 0.1) is 0 Å². The van der Waals surface area contributed by atoms with E-state index in [2.05, 4.69) is 17.3 Å². The van der Waals surface area contributed by atoms with Crippen LogP contribution in [-0.2, 0) is 0 Å². The second-order valence-electron chi connectivity index (χ2n) is 4.70. The van der Waals surface area contributed by atoms with Crippen molar-refractivity contribution in [3.63, 3.8) is 0 Å². The number of hydrogen-bond donors (Lipinski definition) is 1. The molecular weight excluding hydrogens is 278 g/mol. The Bertz CT molecular complexity index is 788. The van der Waals surface area contributed by atoms with Crippen LogP contribution >= 0.6 is 11.8 Å². The summed E-state index contributed by atoms with van der Waals surface area (Å²) in [5, 5.41) is 15.3. The third kappa shape index (κ3) is 2.65. The zero-order chi connectivity index (χ0) is 14.7. The molecule has 0 unspecified atom stereocenters. The Kier molecular flexibility index (Phi) is 3.93. The zero-order valence-electron chi connectivity index (χ0n) is 11.7. The van der Waals surface area contributed by atoms with Gasteiger partial charge in [-0.05, 0) is 29.2 Å². The third-order valence-electron chi connectivity index (χ3n) is 3.51. The molecule has 0 fully saturated rings. The van der Waals surface area contributed by atoms with E-state index in [-0.39, 0.29) is 0 Å². The van der Waals surface area contributed by atoms with Gasteiger partial charge in [0.2, 0.25) is 0 Å². The van der Waals surface area contributed by atoms with Gasteiger partial charge in [-0.2, -0.15) is 0 Å². The molecule has 0 bridgehead atoms. The fourth-order valence-electron chi connectivity index (χ4n) is 2.45. The lowest BCUT2D eigenvalue weighted by molar-refractivity contribution is 0.319. The van der Waals surface area contributed by atoms with E-state index in [0.29, 0.717) is 5.71 Å². The lowest BCUT2D eigenvalue weighted by Crippen LogP contribution is -2.04. The van der Waals surface area contributed by atoms with Crippen molar-refractivity contribution in [2.75, 3.05) is 6.26 Å². The summed E-state index contributed by atoms with van der Waals surface area (Å²) in [7, 11) is 0. The molecule has 0 heterocycles. The van der Waals surface area contributed by atoms with Gasteiger partial charge in [-0.25, -0.2) is 0 Å². The molecule has 0 amide bonds. The normalized spacial score (nSPS) is 11.8. The van der Waals surface area contributed by atoms with E-state index in [1.807, 2.05) is 60.9 Å². The Balaban J connectivity index is 2.14. The average Bonchev–Trinajstić information content (AvgIpc) is 2.56. The SMILES string of the molecule is CSc1ccc(/C(=N/O)c2cccc3ccccc23)cc1. The topological polar surface area (TPSA) is 32.6 Å². The summed E-state index contributed by atoms with van der Waals surface area (Å²) in [5.74, 6) is 0. The highest BCUT2D eigenvalue weighted by molar-refractivity contribution is 7.98. The largest absolute Gasteiger partial charge is 0.410 e. The van der Waals surface area contributed by atoms with Crippen LogP contribution in [-0.4, -0.2) is 17.2 Å². The molecule has 3 heteroatoms. The summed E-state index contributed by atoms with van der Waals surface area (Å²) < 4.78 is 0. The molecule has 2 nitrogen and oxygen atoms in total. The molecule has 0 aromatic heterocycles. The Hall–Kier alpha value is -2.26. The fourth-order valence-corrected chi connectivity index (χ4v) is 2.86. The van der Waals surface area contributed by atoms with Gasteiger partial charge >= 0.3 is 0 Å². The smallest absolute Gasteiger partial charge is 0.117 e. The molecule has 0 aliphatic rings. The van der Waals surface area contributed by atoms with Gasteiger partial charge in [0.15, 0.2) is 0 Å². The first kappa shape index (κ1) is 13.7. The molecule has 0 aliphatic carbocycles. The number of hydrogen-bond acceptors (Lipinski definition) is 3. The van der Waals surface area contributed by atoms with Crippen LogP contribution in [0.15, 0.2) is 76.8 Å². The van der Waals surface area contributed by atoms with Crippen LogP contribution in [0.2, 0.25) is 0 Å². The Morgan fingerprint density at radius 2 is 1.62 bits per heavy atom. The second kappa shape index (κ2) is 6.02. The predicted molar refractivity (Wildman–Crippen MR) is 89.6 cm³/mol. The minimum absolute atomic E-state index is 0.597. The Morgan fingerprint density at radius 3 is 2.33 bits per heavy atom. The maximum absolute atomic E-state index is 9.50. The van der Waals surface area contributed by atoms with Gasteiger partial charge in [0.25, 0.3) is 0 Å². The zero-order valence-corrected chi connectivity index (χ0v) is 12.5. The Labute approximate surface area is 128 Å². The first-order chi connectivity index (χ1) is 10.3. The third-order valence-corrected chi connectivity index (χ3v) is 4.25. The van der Waals surface area contributed by atoms with E-state index in [1.165, 1.54) is 4.90 Å². The van der Waals surface area contributed by atoms with Crippen molar-refractivity contribution in [1.29, 1.82) is 0 Å². The lowest BCUT2D eigenvalue weighted by Gasteiger charge is -2.09. The van der Waals surface area contributed by atoms with Crippen molar-refractivity contribution in [1.82, 2.24) is 0 Å². The lowest BCUT2D eigenvalue weighted by atomic mass is 9.97. The fraction of sp³-hybridized carbons (Fsp3) is 0.0556. The molecule has 1 N–H and O–H groups in total. The number of thioether (sulfide) groups is 1. The highest BCUT2D eigenvalue weighted by Crippen LogP contribution is 2.23. The summed E-state index contributed by atoms with van der Waals surface area (Å²) in [4.78, 5) is 1.19. The summed E-state index contributed by atoms with van der Waals surface area (Å²) in [6.45, 7) is 0. The highest BCUT2D eigenvalue weighted by Gasteiger charge is 2.11. The van der Waals surface area contributed by atoms with Crippen LogP contribution in [0.3, 0.4) is 0 Å². The minimum Gasteiger partial charge on any atom is -0.410 e. The number of benzene rings is 3. The van der Waals surface area contributed by atoms with Gasteiger partial charge < -0.3 is 5.21 Å². The molecule has 0 aliphatic heterocycles. The van der Waals surface area contributed by atoms with Crippen LogP contribution < -0.4 is 0 Å². The van der Waals surface area contributed by atoms with Gasteiger partial charge in [-0.3, -0.25) is 0 Å². The average molecular weight is 293 g/mol. The van der Waals surface area contributed by atoms with Crippen LogP contribution in [0, 0.1) is 0 Å². The first-order valence-corrected chi connectivity index (χ1v) is 7.90. The van der Waals surface area contributed by atoms with Crippen molar-refractivity contribution in [3.8, 4) is 0 Å². The van der Waals surface area contributed by atoms with Crippen molar-refractivity contribution in [2.45, 2.75) is 4.90 Å². The maximum atomic E-state index is 9.50. The summed E-state index contributed by atoms with van der Waals surface area (Å²) in [6.07, 6.45) is 2.04. The molecule has 3 aromatic carbocycles. The van der Waals surface area contributed by atoms with Gasteiger partial charge in [0.1, 0.15) is 5.71 Å². The van der Waals surface area contributed by atoms with E-state index in [4.69, 9.17) is 0 Å². The molecule has 0 saturated carbocycles. The quantitative estimate of drug-likeness (QED) is 0.326. The number of rotatable bonds is 3. The van der Waals surface area contributed by atoms with Crippen LogP contribution in [0.5, 0.6) is 0 Å². The monoisotopic (exact) mass is 293 g/mol. The van der Waals surface area contributed by atoms with Crippen molar-refractivity contribution in [3.05, 3.63) is 77.9 Å². The number of oxime groups is 1. The van der Waals surface area contributed by atoms with Crippen molar-refractivity contribution < 1.29 is 5.21 Å². The molecule has 0 saturated heterocycles. The molecule has 3 aromatic rings. The van der Waals surface area contributed by atoms with E-state index < -0.39 is 0 Å². The Morgan fingerprint density at radius 1 is 0.905 bits per heavy atom. The molecule has 0 radical (unpaired) electrons. The molecule has 104 valence electrons. The van der Waals surface area contributed by atoms with Crippen LogP contribution in [0.1, 0.15) is 11.1 Å². The first-order valence-electron chi connectivity index (χ1n) is 6.68. The van der Waals surface area contributed by atoms with Crippen molar-refractivity contribution in [2.24, 2.45) is 5.16 Å². The van der Waals surface area contributed by atoms with E-state index >= 15 is 0 Å². The van der Waals surface area contributed by atoms with Gasteiger partial charge in [-0.1, -0.05) is 59.8 Å². The van der Waals surface area contributed by atoms with E-state index in [1.54, 1.807) is 11.8 Å². The standard InChI is InChI=1S/C18H15NOS/c1-21-15-11-9-14(10-12-15)18(19-20)17-8-4-6-13-5-2-3-7-16(13)17/h2-12,20H,1H3/b19-18-. The summed E-state index contributed by atoms with van der Waals surface area (Å²) >= 11 is 1.69. The maximum Gasteiger partial charge on any atom is 0.117 e. The van der Waals surface area contributed by atoms with Crippen molar-refractivity contribution >= 4 is 28.2 Å². The minimum atomic E-state index is 0.597. The van der Waals surface area contributed by atoms with Crippen LogP contribution in [0.4, 0.5) is 0 Å². The van der Waals surface area contributed by atoms with Crippen LogP contribution in [0.25, 0.3) is 10.8 Å². The van der Waals surface area contributed by atoms with E-state index in [0.717, 1.165) is 21.9 Å². The summed E-state index contributed by atoms with van der Waals surface area (Å²) in [6, 6.07) is 22.2. The number of fused-ring (bicyclic) bond motifs is 1. The molecule has 0 spiro atoms. The number of nitrogens with zero attached hydrogens (tertiary/aromatic N) is 1. The highest BCUT2D eigenvalue weighted by atomic mass is 32.2. The van der Waals surface area contributed by atoms with Gasteiger partial charge in [0, 0.05) is 16.0 Å². The predicted octanol–water partition coefficient (Wildman–Crippen LogP) is 4.79.